The van der Waals surface area contributed by atoms with Gasteiger partial charge in [-0.2, -0.15) is 0 Å². The van der Waals surface area contributed by atoms with E-state index >= 15 is 0 Å². The number of nitrogens with one attached hydrogen (secondary N) is 1. The second kappa shape index (κ2) is 7.51. The maximum Gasteiger partial charge on any atom is 0.221 e. The molecule has 1 aliphatic rings. The Morgan fingerprint density at radius 1 is 1.15 bits per heavy atom. The van der Waals surface area contributed by atoms with Gasteiger partial charge in [-0.15, -0.1) is 0 Å². The summed E-state index contributed by atoms with van der Waals surface area (Å²) in [5, 5.41) is 0. The van der Waals surface area contributed by atoms with E-state index in [1.165, 1.54) is 5.56 Å². The van der Waals surface area contributed by atoms with Gasteiger partial charge in [0.25, 0.3) is 0 Å². The molecule has 7 heteroatoms. The van der Waals surface area contributed by atoms with E-state index in [1.807, 2.05) is 24.3 Å². The van der Waals surface area contributed by atoms with Crippen molar-refractivity contribution in [2.24, 2.45) is 0 Å². The topological polar surface area (TPSA) is 58.6 Å². The molecule has 1 heterocycles. The summed E-state index contributed by atoms with van der Waals surface area (Å²) in [6, 6.07) is 8.03. The maximum atomic E-state index is 11.3. The first kappa shape index (κ1) is 15.9. The van der Waals surface area contributed by atoms with Gasteiger partial charge >= 0.3 is 0 Å². The van der Waals surface area contributed by atoms with Crippen LogP contribution in [0.3, 0.4) is 0 Å². The predicted octanol–water partition coefficient (Wildman–Crippen LogP) is 1.29. The summed E-state index contributed by atoms with van der Waals surface area (Å²) in [5.41, 5.74) is 2.19. The highest BCUT2D eigenvalue weighted by atomic mass is 79.9. The molecule has 0 aromatic heterocycles. The third kappa shape index (κ3) is 5.14. The second-order valence-electron chi connectivity index (χ2n) is 4.75. The summed E-state index contributed by atoms with van der Waals surface area (Å²) in [6.45, 7) is 4.76. The Hall–Kier alpha value is -0.470. The van der Waals surface area contributed by atoms with Crippen LogP contribution in [0, 0.1) is 0 Å². The van der Waals surface area contributed by atoms with Crippen molar-refractivity contribution < 1.29 is 13.2 Å². The minimum absolute atomic E-state index is 0.0743. The molecule has 112 valence electrons. The van der Waals surface area contributed by atoms with Crippen molar-refractivity contribution in [2.75, 3.05) is 31.0 Å². The van der Waals surface area contributed by atoms with Crippen LogP contribution in [-0.4, -0.2) is 44.3 Å². The highest BCUT2D eigenvalue weighted by Gasteiger charge is 2.11. The molecule has 1 saturated heterocycles. The normalized spacial score (nSPS) is 17.2. The standard InChI is InChI=1S/C13H19BrN2O3S/c14-11-20(17,18)15-9-12-1-3-13(4-2-12)10-16-5-7-19-8-6-16/h1-4,15H,5-11H2. The Morgan fingerprint density at radius 2 is 1.75 bits per heavy atom. The number of nitrogens with zero attached hydrogens (tertiary/aromatic N) is 1. The molecule has 2 rings (SSSR count). The lowest BCUT2D eigenvalue weighted by atomic mass is 10.1. The van der Waals surface area contributed by atoms with Crippen LogP contribution in [0.5, 0.6) is 0 Å². The zero-order valence-corrected chi connectivity index (χ0v) is 13.6. The molecule has 0 amide bonds. The van der Waals surface area contributed by atoms with E-state index in [4.69, 9.17) is 4.74 Å². The van der Waals surface area contributed by atoms with Crippen LogP contribution in [0.15, 0.2) is 24.3 Å². The third-order valence-electron chi connectivity index (χ3n) is 3.17. The van der Waals surface area contributed by atoms with E-state index < -0.39 is 10.0 Å². The van der Waals surface area contributed by atoms with Crippen molar-refractivity contribution in [3.63, 3.8) is 0 Å². The molecule has 0 spiro atoms. The average molecular weight is 363 g/mol. The summed E-state index contributed by atoms with van der Waals surface area (Å²) in [7, 11) is -3.21. The van der Waals surface area contributed by atoms with Crippen LogP contribution in [0.25, 0.3) is 0 Å². The molecule has 0 aliphatic carbocycles. The van der Waals surface area contributed by atoms with Gasteiger partial charge in [-0.3, -0.25) is 4.90 Å². The lowest BCUT2D eigenvalue weighted by Crippen LogP contribution is -2.35. The number of sulfonamides is 1. The second-order valence-corrected chi connectivity index (χ2v) is 7.86. The first-order valence-corrected chi connectivity index (χ1v) is 9.28. The molecule has 1 N–H and O–H groups in total. The van der Waals surface area contributed by atoms with Gasteiger partial charge in [0, 0.05) is 26.2 Å². The van der Waals surface area contributed by atoms with Crippen molar-refractivity contribution in [3.8, 4) is 0 Å². The number of rotatable bonds is 6. The van der Waals surface area contributed by atoms with Gasteiger partial charge in [0.15, 0.2) is 0 Å². The van der Waals surface area contributed by atoms with Crippen LogP contribution in [0.2, 0.25) is 0 Å². The Bertz CT molecular complexity index is 513. The molecule has 1 aromatic carbocycles. The van der Waals surface area contributed by atoms with Gasteiger partial charge in [-0.05, 0) is 11.1 Å². The highest BCUT2D eigenvalue weighted by Crippen LogP contribution is 2.09. The number of halogens is 1. The molecule has 0 saturated carbocycles. The third-order valence-corrected chi connectivity index (χ3v) is 5.85. The van der Waals surface area contributed by atoms with E-state index in [0.717, 1.165) is 38.4 Å². The molecule has 0 atom stereocenters. The first-order chi connectivity index (χ1) is 9.59. The Balaban J connectivity index is 1.86. The number of hydrogen-bond acceptors (Lipinski definition) is 4. The van der Waals surface area contributed by atoms with Crippen LogP contribution in [-0.2, 0) is 27.8 Å². The lowest BCUT2D eigenvalue weighted by Gasteiger charge is -2.26. The average Bonchev–Trinajstić information content (AvgIpc) is 2.48. The van der Waals surface area contributed by atoms with E-state index in [0.29, 0.717) is 6.54 Å². The molecule has 1 fully saturated rings. The van der Waals surface area contributed by atoms with E-state index in [-0.39, 0.29) is 4.66 Å². The van der Waals surface area contributed by atoms with E-state index in [2.05, 4.69) is 25.6 Å². The van der Waals surface area contributed by atoms with Crippen molar-refractivity contribution in [1.29, 1.82) is 0 Å². The molecule has 0 radical (unpaired) electrons. The van der Waals surface area contributed by atoms with Crippen LogP contribution in [0.4, 0.5) is 0 Å². The fraction of sp³-hybridized carbons (Fsp3) is 0.538. The highest BCUT2D eigenvalue weighted by molar-refractivity contribution is 9.10. The number of ether oxygens (including phenoxy) is 1. The zero-order chi connectivity index (χ0) is 14.4. The van der Waals surface area contributed by atoms with E-state index in [1.54, 1.807) is 0 Å². The summed E-state index contributed by atoms with van der Waals surface area (Å²) in [5.74, 6) is 0. The Labute approximate surface area is 128 Å². The molecule has 1 aliphatic heterocycles. The predicted molar refractivity (Wildman–Crippen MR) is 82.1 cm³/mol. The van der Waals surface area contributed by atoms with Gasteiger partial charge in [0.05, 0.1) is 13.2 Å². The van der Waals surface area contributed by atoms with Gasteiger partial charge < -0.3 is 4.74 Å². The number of morpholine rings is 1. The maximum absolute atomic E-state index is 11.3. The molecule has 1 aromatic rings. The van der Waals surface area contributed by atoms with E-state index in [9.17, 15) is 8.42 Å². The monoisotopic (exact) mass is 362 g/mol. The smallest absolute Gasteiger partial charge is 0.221 e. The number of hydrogen-bond donors (Lipinski definition) is 1. The largest absolute Gasteiger partial charge is 0.379 e. The van der Waals surface area contributed by atoms with Crippen LogP contribution in [0.1, 0.15) is 11.1 Å². The molecular formula is C13H19BrN2O3S. The molecule has 5 nitrogen and oxygen atoms in total. The number of benzene rings is 1. The first-order valence-electron chi connectivity index (χ1n) is 6.50. The summed E-state index contributed by atoms with van der Waals surface area (Å²) < 4.78 is 30.4. The van der Waals surface area contributed by atoms with Crippen molar-refractivity contribution in [1.82, 2.24) is 9.62 Å². The Kier molecular flexibility index (Phi) is 5.98. The minimum Gasteiger partial charge on any atom is -0.379 e. The Morgan fingerprint density at radius 3 is 2.35 bits per heavy atom. The van der Waals surface area contributed by atoms with Gasteiger partial charge in [0.2, 0.25) is 10.0 Å². The minimum atomic E-state index is -3.21. The molecule has 20 heavy (non-hydrogen) atoms. The number of alkyl halides is 1. The van der Waals surface area contributed by atoms with Crippen LogP contribution < -0.4 is 4.72 Å². The molecule has 0 unspecified atom stereocenters. The van der Waals surface area contributed by atoms with Crippen molar-refractivity contribution >= 4 is 26.0 Å². The fourth-order valence-electron chi connectivity index (χ4n) is 2.01. The fourth-order valence-corrected chi connectivity index (χ4v) is 2.96. The molecule has 0 bridgehead atoms. The zero-order valence-electron chi connectivity index (χ0n) is 11.2. The van der Waals surface area contributed by atoms with Gasteiger partial charge in [-0.1, -0.05) is 40.2 Å². The van der Waals surface area contributed by atoms with Crippen molar-refractivity contribution in [3.05, 3.63) is 35.4 Å². The van der Waals surface area contributed by atoms with Crippen LogP contribution >= 0.6 is 15.9 Å². The summed E-state index contributed by atoms with van der Waals surface area (Å²) >= 11 is 2.95. The van der Waals surface area contributed by atoms with Gasteiger partial charge in [0.1, 0.15) is 4.66 Å². The summed E-state index contributed by atoms with van der Waals surface area (Å²) in [4.78, 5) is 2.35. The van der Waals surface area contributed by atoms with Crippen molar-refractivity contribution in [2.45, 2.75) is 13.1 Å². The summed E-state index contributed by atoms with van der Waals surface area (Å²) in [6.07, 6.45) is 0. The molecular weight excluding hydrogens is 344 g/mol. The quantitative estimate of drug-likeness (QED) is 0.774. The van der Waals surface area contributed by atoms with Gasteiger partial charge in [-0.25, -0.2) is 13.1 Å². The SMILES string of the molecule is O=S(=O)(CBr)NCc1ccc(CN2CCOCC2)cc1. The lowest BCUT2D eigenvalue weighted by molar-refractivity contribution is 0.0342.